The van der Waals surface area contributed by atoms with Crippen molar-refractivity contribution in [3.8, 4) is 0 Å². The van der Waals surface area contributed by atoms with Crippen molar-refractivity contribution in [2.75, 3.05) is 39.6 Å². The SMILES string of the molecule is CCC1(OCCCCCC(=O)O)OCC2(CO1)COC(CC)(OCCCCCC(=O)O)OC2. The van der Waals surface area contributed by atoms with E-state index < -0.39 is 29.3 Å². The molecular weight excluding hydrogens is 436 g/mol. The average molecular weight is 477 g/mol. The number of ether oxygens (including phenoxy) is 6. The first-order valence-corrected chi connectivity index (χ1v) is 12.1. The molecule has 0 atom stereocenters. The highest BCUT2D eigenvalue weighted by atomic mass is 16.9. The van der Waals surface area contributed by atoms with Gasteiger partial charge in [-0.3, -0.25) is 9.59 Å². The van der Waals surface area contributed by atoms with Crippen molar-refractivity contribution in [1.82, 2.24) is 0 Å². The highest BCUT2D eigenvalue weighted by Gasteiger charge is 2.51. The number of unbranched alkanes of at least 4 members (excludes halogenated alkanes) is 4. The topological polar surface area (TPSA) is 130 Å². The fraction of sp³-hybridized carbons (Fsp3) is 0.913. The lowest BCUT2D eigenvalue weighted by molar-refractivity contribution is -0.465. The summed E-state index contributed by atoms with van der Waals surface area (Å²) in [6.07, 6.45) is 5.68. The standard InChI is InChI=1S/C23H40O10/c1-3-22(28-13-9-5-7-11-19(24)25)30-15-21(16-31-22)17-32-23(4-2,33-18-21)29-14-10-6-8-12-20(26)27/h3-18H2,1-2H3,(H,24,25)(H,26,27). The van der Waals surface area contributed by atoms with Crippen LogP contribution in [0.15, 0.2) is 0 Å². The Kier molecular flexibility index (Phi) is 11.5. The van der Waals surface area contributed by atoms with Gasteiger partial charge in [-0.1, -0.05) is 26.7 Å². The number of rotatable bonds is 16. The zero-order chi connectivity index (χ0) is 24.2. The minimum atomic E-state index is -1.09. The van der Waals surface area contributed by atoms with Crippen LogP contribution in [0.4, 0.5) is 0 Å². The van der Waals surface area contributed by atoms with E-state index >= 15 is 0 Å². The summed E-state index contributed by atoms with van der Waals surface area (Å²) in [5.74, 6) is -3.75. The Hall–Kier alpha value is -1.30. The van der Waals surface area contributed by atoms with E-state index in [1.54, 1.807) is 0 Å². The molecule has 10 heteroatoms. The highest BCUT2D eigenvalue weighted by Crippen LogP contribution is 2.39. The fourth-order valence-corrected chi connectivity index (χ4v) is 3.73. The second kappa shape index (κ2) is 13.6. The summed E-state index contributed by atoms with van der Waals surface area (Å²) < 4.78 is 35.8. The van der Waals surface area contributed by atoms with Crippen molar-refractivity contribution in [2.45, 2.75) is 90.0 Å². The minimum absolute atomic E-state index is 0.169. The van der Waals surface area contributed by atoms with Crippen LogP contribution in [-0.4, -0.2) is 73.7 Å². The third-order valence-corrected chi connectivity index (χ3v) is 5.97. The maximum Gasteiger partial charge on any atom is 0.303 e. The number of hydrogen-bond acceptors (Lipinski definition) is 8. The lowest BCUT2D eigenvalue weighted by atomic mass is 9.90. The Morgan fingerprint density at radius 2 is 1.03 bits per heavy atom. The molecule has 0 amide bonds. The van der Waals surface area contributed by atoms with Gasteiger partial charge in [0.2, 0.25) is 0 Å². The first-order valence-electron chi connectivity index (χ1n) is 12.1. The summed E-state index contributed by atoms with van der Waals surface area (Å²) in [6, 6.07) is 0. The van der Waals surface area contributed by atoms with Crippen molar-refractivity contribution in [2.24, 2.45) is 5.41 Å². The molecule has 10 nitrogen and oxygen atoms in total. The quantitative estimate of drug-likeness (QED) is 0.319. The van der Waals surface area contributed by atoms with E-state index in [2.05, 4.69) is 0 Å². The van der Waals surface area contributed by atoms with Crippen LogP contribution in [0.5, 0.6) is 0 Å². The molecule has 33 heavy (non-hydrogen) atoms. The van der Waals surface area contributed by atoms with Crippen LogP contribution in [0.2, 0.25) is 0 Å². The number of hydrogen-bond donors (Lipinski definition) is 2. The summed E-state index contributed by atoms with van der Waals surface area (Å²) in [5, 5.41) is 17.4. The molecular formula is C23H40O10. The van der Waals surface area contributed by atoms with E-state index in [4.69, 9.17) is 38.6 Å². The summed E-state index contributed by atoms with van der Waals surface area (Å²) in [7, 11) is 0. The Labute approximate surface area is 195 Å². The molecule has 0 bridgehead atoms. The zero-order valence-electron chi connectivity index (χ0n) is 20.0. The third kappa shape index (κ3) is 9.11. The molecule has 2 fully saturated rings. The van der Waals surface area contributed by atoms with E-state index in [1.165, 1.54) is 0 Å². The van der Waals surface area contributed by atoms with Crippen molar-refractivity contribution in [1.29, 1.82) is 0 Å². The van der Waals surface area contributed by atoms with Crippen LogP contribution in [0.3, 0.4) is 0 Å². The van der Waals surface area contributed by atoms with Gasteiger partial charge in [0.1, 0.15) is 0 Å². The molecule has 0 radical (unpaired) electrons. The van der Waals surface area contributed by atoms with Crippen LogP contribution in [0.1, 0.15) is 78.1 Å². The fourth-order valence-electron chi connectivity index (χ4n) is 3.73. The Morgan fingerprint density at radius 1 is 0.667 bits per heavy atom. The van der Waals surface area contributed by atoms with Crippen LogP contribution < -0.4 is 0 Å². The van der Waals surface area contributed by atoms with Crippen molar-refractivity contribution in [3.05, 3.63) is 0 Å². The molecule has 2 rings (SSSR count). The lowest BCUT2D eigenvalue weighted by Crippen LogP contribution is -2.60. The van der Waals surface area contributed by atoms with E-state index in [-0.39, 0.29) is 12.8 Å². The minimum Gasteiger partial charge on any atom is -0.481 e. The molecule has 0 aromatic rings. The molecule has 1 spiro atoms. The Bertz CT molecular complexity index is 537. The van der Waals surface area contributed by atoms with Crippen molar-refractivity contribution in [3.63, 3.8) is 0 Å². The summed E-state index contributed by atoms with van der Waals surface area (Å²) in [5.41, 5.74) is -0.437. The number of carboxylic acids is 2. The van der Waals surface area contributed by atoms with E-state index in [0.29, 0.717) is 65.3 Å². The van der Waals surface area contributed by atoms with Crippen molar-refractivity contribution >= 4 is 11.9 Å². The van der Waals surface area contributed by atoms with E-state index in [0.717, 1.165) is 25.7 Å². The van der Waals surface area contributed by atoms with Gasteiger partial charge in [-0.15, -0.1) is 0 Å². The van der Waals surface area contributed by atoms with Gasteiger partial charge in [0.25, 0.3) is 11.9 Å². The molecule has 0 aromatic carbocycles. The number of carbonyl (C=O) groups is 2. The van der Waals surface area contributed by atoms with Gasteiger partial charge in [0.05, 0.1) is 45.1 Å². The molecule has 0 unspecified atom stereocenters. The smallest absolute Gasteiger partial charge is 0.303 e. The monoisotopic (exact) mass is 476 g/mol. The molecule has 0 saturated carbocycles. The third-order valence-electron chi connectivity index (χ3n) is 5.97. The van der Waals surface area contributed by atoms with Crippen LogP contribution in [-0.2, 0) is 38.0 Å². The second-order valence-corrected chi connectivity index (χ2v) is 8.83. The van der Waals surface area contributed by atoms with Crippen LogP contribution >= 0.6 is 0 Å². The van der Waals surface area contributed by atoms with Crippen LogP contribution in [0, 0.1) is 5.41 Å². The Morgan fingerprint density at radius 3 is 1.33 bits per heavy atom. The second-order valence-electron chi connectivity index (χ2n) is 8.83. The van der Waals surface area contributed by atoms with Crippen LogP contribution in [0.25, 0.3) is 0 Å². The molecule has 2 aliphatic heterocycles. The molecule has 2 aliphatic rings. The Balaban J connectivity index is 1.71. The average Bonchev–Trinajstić information content (AvgIpc) is 2.81. The first kappa shape index (κ1) is 27.9. The predicted molar refractivity (Wildman–Crippen MR) is 116 cm³/mol. The normalized spacial score (nSPS) is 29.9. The van der Waals surface area contributed by atoms with Gasteiger partial charge in [-0.05, 0) is 25.7 Å². The maximum atomic E-state index is 10.6. The van der Waals surface area contributed by atoms with Gasteiger partial charge < -0.3 is 38.6 Å². The van der Waals surface area contributed by atoms with E-state index in [9.17, 15) is 9.59 Å². The van der Waals surface area contributed by atoms with Crippen molar-refractivity contribution < 1.29 is 48.2 Å². The van der Waals surface area contributed by atoms with Gasteiger partial charge in [-0.25, -0.2) is 0 Å². The molecule has 2 N–H and O–H groups in total. The van der Waals surface area contributed by atoms with Gasteiger partial charge in [-0.2, -0.15) is 0 Å². The molecule has 0 aromatic heterocycles. The largest absolute Gasteiger partial charge is 0.481 e. The predicted octanol–water partition coefficient (Wildman–Crippen LogP) is 3.52. The summed E-state index contributed by atoms with van der Waals surface area (Å²) in [4.78, 5) is 21.2. The first-order chi connectivity index (χ1) is 15.8. The summed E-state index contributed by atoms with van der Waals surface area (Å²) >= 11 is 0. The molecule has 0 aliphatic carbocycles. The van der Waals surface area contributed by atoms with E-state index in [1.807, 2.05) is 13.8 Å². The maximum absolute atomic E-state index is 10.6. The van der Waals surface area contributed by atoms with Gasteiger partial charge in [0.15, 0.2) is 0 Å². The zero-order valence-corrected chi connectivity index (χ0v) is 20.0. The number of carboxylic acid groups (broad SMARTS) is 2. The number of aliphatic carboxylic acids is 2. The van der Waals surface area contributed by atoms with Gasteiger partial charge in [0, 0.05) is 25.7 Å². The molecule has 2 heterocycles. The summed E-state index contributed by atoms with van der Waals surface area (Å²) in [6.45, 7) is 6.22. The molecule has 192 valence electrons. The highest BCUT2D eigenvalue weighted by molar-refractivity contribution is 5.66. The lowest BCUT2D eigenvalue weighted by Gasteiger charge is -2.50. The molecule has 2 saturated heterocycles. The van der Waals surface area contributed by atoms with Gasteiger partial charge >= 0.3 is 11.9 Å².